The Balaban J connectivity index is 2.26. The summed E-state index contributed by atoms with van der Waals surface area (Å²) in [6, 6.07) is 0. The van der Waals surface area contributed by atoms with E-state index in [0.29, 0.717) is 11.4 Å². The van der Waals surface area contributed by atoms with Gasteiger partial charge in [0.1, 0.15) is 5.01 Å². The Hall–Kier alpha value is -0.665. The minimum absolute atomic E-state index is 0.0441. The molecule has 0 radical (unpaired) electrons. The maximum Gasteiger partial charge on any atom is 0.491 e. The fourth-order valence-corrected chi connectivity index (χ4v) is 3.34. The van der Waals surface area contributed by atoms with E-state index in [1.54, 1.807) is 6.92 Å². The van der Waals surface area contributed by atoms with E-state index in [9.17, 15) is 4.79 Å². The van der Waals surface area contributed by atoms with Crippen LogP contribution in [0.15, 0.2) is 10.9 Å². The summed E-state index contributed by atoms with van der Waals surface area (Å²) in [4.78, 5) is 15.7. The molecule has 0 unspecified atom stereocenters. The molecule has 2 heterocycles. The van der Waals surface area contributed by atoms with Crippen molar-refractivity contribution in [2.75, 3.05) is 5.75 Å². The Labute approximate surface area is 145 Å². The zero-order valence-corrected chi connectivity index (χ0v) is 15.7. The second-order valence-corrected chi connectivity index (χ2v) is 8.46. The molecule has 0 aliphatic carbocycles. The summed E-state index contributed by atoms with van der Waals surface area (Å²) in [5, 5.41) is 11.8. The third-order valence-corrected chi connectivity index (χ3v) is 5.76. The van der Waals surface area contributed by atoms with E-state index in [4.69, 9.17) is 14.4 Å². The van der Waals surface area contributed by atoms with Crippen molar-refractivity contribution < 1.29 is 19.2 Å². The average molecular weight is 355 g/mol. The number of rotatable bonds is 5. The van der Waals surface area contributed by atoms with Crippen LogP contribution in [0, 0.1) is 0 Å². The lowest BCUT2D eigenvalue weighted by molar-refractivity contribution is -0.109. The number of nitrogens with zero attached hydrogens (tertiary/aromatic N) is 1. The standard InChI is InChI=1S/C15H22BNO4S2/c1-10(19)22-8-11(6-13-17-12(7-18)9-23-13)16-20-14(2,3)15(4,5)21-16/h6,9,18H,7-8H2,1-5H3. The van der Waals surface area contributed by atoms with Crippen molar-refractivity contribution in [3.05, 3.63) is 21.6 Å². The first-order chi connectivity index (χ1) is 10.6. The van der Waals surface area contributed by atoms with Crippen molar-refractivity contribution in [3.8, 4) is 0 Å². The molecule has 1 aromatic rings. The van der Waals surface area contributed by atoms with Gasteiger partial charge in [0.2, 0.25) is 0 Å². The third-order valence-electron chi connectivity index (χ3n) is 4.04. The molecule has 0 amide bonds. The van der Waals surface area contributed by atoms with Crippen molar-refractivity contribution in [2.45, 2.75) is 52.4 Å². The number of aromatic nitrogens is 1. The van der Waals surface area contributed by atoms with Gasteiger partial charge in [0, 0.05) is 18.1 Å². The summed E-state index contributed by atoms with van der Waals surface area (Å²) in [6.45, 7) is 9.44. The largest absolute Gasteiger partial charge is 0.491 e. The molecular formula is C15H22BNO4S2. The van der Waals surface area contributed by atoms with Crippen LogP contribution in [0.2, 0.25) is 0 Å². The normalized spacial score (nSPS) is 20.1. The van der Waals surface area contributed by atoms with E-state index in [-0.39, 0.29) is 11.7 Å². The summed E-state index contributed by atoms with van der Waals surface area (Å²) in [5.74, 6) is 0.486. The Morgan fingerprint density at radius 1 is 1.39 bits per heavy atom. The minimum atomic E-state index is -0.506. The Morgan fingerprint density at radius 3 is 2.48 bits per heavy atom. The van der Waals surface area contributed by atoms with Crippen LogP contribution in [0.1, 0.15) is 45.3 Å². The number of aliphatic hydroxyl groups excluding tert-OH is 1. The van der Waals surface area contributed by atoms with Gasteiger partial charge in [-0.15, -0.1) is 11.3 Å². The summed E-state index contributed by atoms with van der Waals surface area (Å²) < 4.78 is 12.2. The van der Waals surface area contributed by atoms with Gasteiger partial charge in [-0.3, -0.25) is 4.79 Å². The molecular weight excluding hydrogens is 333 g/mol. The van der Waals surface area contributed by atoms with E-state index < -0.39 is 18.3 Å². The van der Waals surface area contributed by atoms with Crippen LogP contribution < -0.4 is 0 Å². The smallest absolute Gasteiger partial charge is 0.400 e. The van der Waals surface area contributed by atoms with E-state index in [1.807, 2.05) is 39.2 Å². The highest BCUT2D eigenvalue weighted by Gasteiger charge is 2.52. The number of carbonyl (C=O) groups excluding carboxylic acids is 1. The van der Waals surface area contributed by atoms with Crippen molar-refractivity contribution in [1.29, 1.82) is 0 Å². The SMILES string of the molecule is CC(=O)SCC(=Cc1nc(CO)cs1)B1OC(C)(C)C(C)(C)O1. The molecule has 0 spiro atoms. The number of hydrogen-bond acceptors (Lipinski definition) is 7. The van der Waals surface area contributed by atoms with Gasteiger partial charge in [0.05, 0.1) is 23.5 Å². The molecule has 1 saturated heterocycles. The van der Waals surface area contributed by atoms with Gasteiger partial charge in [-0.05, 0) is 39.2 Å². The lowest BCUT2D eigenvalue weighted by Gasteiger charge is -2.32. The number of thiazole rings is 1. The molecule has 2 rings (SSSR count). The zero-order valence-electron chi connectivity index (χ0n) is 14.1. The van der Waals surface area contributed by atoms with Crippen LogP contribution in [0.25, 0.3) is 6.08 Å². The van der Waals surface area contributed by atoms with Crippen LogP contribution in [-0.2, 0) is 20.7 Å². The highest BCUT2D eigenvalue weighted by molar-refractivity contribution is 8.13. The third kappa shape index (κ3) is 4.45. The molecule has 1 aliphatic rings. The van der Waals surface area contributed by atoms with E-state index in [0.717, 1.165) is 10.5 Å². The first kappa shape index (κ1) is 18.7. The van der Waals surface area contributed by atoms with Gasteiger partial charge in [-0.25, -0.2) is 4.98 Å². The molecule has 126 valence electrons. The average Bonchev–Trinajstić information content (AvgIpc) is 2.97. The lowest BCUT2D eigenvalue weighted by atomic mass is 9.79. The Bertz CT molecular complexity index is 596. The fourth-order valence-electron chi connectivity index (χ4n) is 1.98. The molecule has 1 N–H and O–H groups in total. The molecule has 1 fully saturated rings. The van der Waals surface area contributed by atoms with Gasteiger partial charge in [0.15, 0.2) is 5.12 Å². The van der Waals surface area contributed by atoms with E-state index in [1.165, 1.54) is 23.1 Å². The van der Waals surface area contributed by atoms with Crippen molar-refractivity contribution in [1.82, 2.24) is 4.98 Å². The number of hydrogen-bond donors (Lipinski definition) is 1. The number of aliphatic hydroxyl groups is 1. The van der Waals surface area contributed by atoms with Crippen LogP contribution in [0.4, 0.5) is 0 Å². The second-order valence-electron chi connectivity index (χ2n) is 6.42. The predicted molar refractivity (Wildman–Crippen MR) is 95.2 cm³/mol. The molecule has 0 saturated carbocycles. The molecule has 0 aromatic carbocycles. The summed E-state index contributed by atoms with van der Waals surface area (Å²) in [7, 11) is -0.506. The topological polar surface area (TPSA) is 68.7 Å². The summed E-state index contributed by atoms with van der Waals surface area (Å²) in [5.41, 5.74) is 0.629. The van der Waals surface area contributed by atoms with Crippen molar-refractivity contribution >= 4 is 41.4 Å². The van der Waals surface area contributed by atoms with Gasteiger partial charge in [-0.1, -0.05) is 11.8 Å². The number of thioether (sulfide) groups is 1. The first-order valence-corrected chi connectivity index (χ1v) is 9.26. The van der Waals surface area contributed by atoms with Gasteiger partial charge >= 0.3 is 7.12 Å². The molecule has 0 atom stereocenters. The maximum atomic E-state index is 11.3. The van der Waals surface area contributed by atoms with Crippen LogP contribution in [-0.4, -0.2) is 39.3 Å². The summed E-state index contributed by atoms with van der Waals surface area (Å²) >= 11 is 2.66. The predicted octanol–water partition coefficient (Wildman–Crippen LogP) is 2.93. The van der Waals surface area contributed by atoms with E-state index in [2.05, 4.69) is 4.98 Å². The quantitative estimate of drug-likeness (QED) is 0.819. The molecule has 0 bridgehead atoms. The molecule has 1 aromatic heterocycles. The van der Waals surface area contributed by atoms with Gasteiger partial charge in [0.25, 0.3) is 0 Å². The van der Waals surface area contributed by atoms with Gasteiger partial charge in [-0.2, -0.15) is 0 Å². The highest BCUT2D eigenvalue weighted by atomic mass is 32.2. The molecule has 8 heteroatoms. The van der Waals surface area contributed by atoms with Crippen molar-refractivity contribution in [3.63, 3.8) is 0 Å². The van der Waals surface area contributed by atoms with Gasteiger partial charge < -0.3 is 14.4 Å². The second kappa shape index (κ2) is 7.07. The Kier molecular flexibility index (Phi) is 5.74. The highest BCUT2D eigenvalue weighted by Crippen LogP contribution is 2.39. The summed E-state index contributed by atoms with van der Waals surface area (Å²) in [6.07, 6.45) is 1.89. The fraction of sp³-hybridized carbons (Fsp3) is 0.600. The van der Waals surface area contributed by atoms with Crippen LogP contribution >= 0.6 is 23.1 Å². The molecule has 5 nitrogen and oxygen atoms in total. The van der Waals surface area contributed by atoms with Crippen molar-refractivity contribution in [2.24, 2.45) is 0 Å². The molecule has 1 aliphatic heterocycles. The zero-order chi connectivity index (χ0) is 17.3. The Morgan fingerprint density at radius 2 is 2.00 bits per heavy atom. The monoisotopic (exact) mass is 355 g/mol. The number of carbonyl (C=O) groups is 1. The maximum absolute atomic E-state index is 11.3. The molecule has 23 heavy (non-hydrogen) atoms. The van der Waals surface area contributed by atoms with E-state index >= 15 is 0 Å². The van der Waals surface area contributed by atoms with Crippen LogP contribution in [0.5, 0.6) is 0 Å². The first-order valence-electron chi connectivity index (χ1n) is 7.39. The minimum Gasteiger partial charge on any atom is -0.400 e. The lowest BCUT2D eigenvalue weighted by Crippen LogP contribution is -2.41. The van der Waals surface area contributed by atoms with Crippen LogP contribution in [0.3, 0.4) is 0 Å².